The molecule has 106 valence electrons. The Morgan fingerprint density at radius 1 is 1.58 bits per heavy atom. The Morgan fingerprint density at radius 2 is 2.37 bits per heavy atom. The topological polar surface area (TPSA) is 58.4 Å². The largest absolute Gasteiger partial charge is 0.299 e. The minimum Gasteiger partial charge on any atom is -0.299 e. The third-order valence-corrected chi connectivity index (χ3v) is 4.99. The molecule has 5 heteroatoms. The van der Waals surface area contributed by atoms with Crippen LogP contribution in [0.3, 0.4) is 0 Å². The van der Waals surface area contributed by atoms with Crippen LogP contribution in [0.25, 0.3) is 0 Å². The lowest BCUT2D eigenvalue weighted by atomic mass is 9.86. The molecule has 1 amide bonds. The van der Waals surface area contributed by atoms with Crippen molar-refractivity contribution in [2.24, 2.45) is 11.8 Å². The van der Waals surface area contributed by atoms with Gasteiger partial charge in [-0.2, -0.15) is 0 Å². The number of rotatable bonds is 4. The fourth-order valence-electron chi connectivity index (χ4n) is 2.93. The van der Waals surface area contributed by atoms with Crippen molar-refractivity contribution < 1.29 is 4.79 Å². The highest BCUT2D eigenvalue weighted by Crippen LogP contribution is 2.28. The van der Waals surface area contributed by atoms with Gasteiger partial charge in [-0.25, -0.2) is 5.84 Å². The summed E-state index contributed by atoms with van der Waals surface area (Å²) in [7, 11) is 2.16. The summed E-state index contributed by atoms with van der Waals surface area (Å²) < 4.78 is 0. The number of hydrogen-bond donors (Lipinski definition) is 2. The minimum atomic E-state index is -0.185. The Hall–Kier alpha value is -0.910. The van der Waals surface area contributed by atoms with Gasteiger partial charge in [-0.1, -0.05) is 19.8 Å². The molecule has 4 nitrogen and oxygen atoms in total. The van der Waals surface area contributed by atoms with Crippen LogP contribution in [-0.2, 0) is 6.54 Å². The van der Waals surface area contributed by atoms with Gasteiger partial charge in [0.05, 0.1) is 4.88 Å². The lowest BCUT2D eigenvalue weighted by molar-refractivity contribution is 0.0954. The Kier molecular flexibility index (Phi) is 4.96. The summed E-state index contributed by atoms with van der Waals surface area (Å²) in [4.78, 5) is 14.8. The highest BCUT2D eigenvalue weighted by Gasteiger charge is 2.23. The van der Waals surface area contributed by atoms with E-state index in [4.69, 9.17) is 5.84 Å². The van der Waals surface area contributed by atoms with Gasteiger partial charge in [0, 0.05) is 12.6 Å². The molecular weight excluding hydrogens is 258 g/mol. The van der Waals surface area contributed by atoms with Gasteiger partial charge >= 0.3 is 0 Å². The van der Waals surface area contributed by atoms with E-state index in [2.05, 4.69) is 24.3 Å². The standard InChI is InChI=1S/C14H23N3OS/c1-10-4-3-5-12(8-10)17(2)9-11-6-7-19-13(11)14(18)16-15/h6-7,10,12H,3-5,8-9,15H2,1-2H3,(H,16,18). The van der Waals surface area contributed by atoms with E-state index in [0.717, 1.165) is 22.9 Å². The zero-order valence-electron chi connectivity index (χ0n) is 11.7. The Labute approximate surface area is 118 Å². The van der Waals surface area contributed by atoms with Crippen molar-refractivity contribution in [1.29, 1.82) is 0 Å². The number of nitrogens with two attached hydrogens (primary N) is 1. The van der Waals surface area contributed by atoms with Gasteiger partial charge in [0.2, 0.25) is 0 Å². The molecule has 0 aromatic carbocycles. The minimum absolute atomic E-state index is 0.185. The smallest absolute Gasteiger partial charge is 0.275 e. The number of nitrogens with zero attached hydrogens (tertiary/aromatic N) is 1. The molecule has 1 aromatic heterocycles. The molecule has 2 rings (SSSR count). The van der Waals surface area contributed by atoms with Gasteiger partial charge in [-0.05, 0) is 42.8 Å². The second-order valence-corrected chi connectivity index (χ2v) is 6.51. The number of carbonyl (C=O) groups is 1. The first kappa shape index (κ1) is 14.5. The average Bonchev–Trinajstić information content (AvgIpc) is 2.86. The summed E-state index contributed by atoms with van der Waals surface area (Å²) in [5.41, 5.74) is 3.30. The molecule has 1 aliphatic carbocycles. The summed E-state index contributed by atoms with van der Waals surface area (Å²) in [6.45, 7) is 3.15. The van der Waals surface area contributed by atoms with Crippen LogP contribution < -0.4 is 11.3 Å². The van der Waals surface area contributed by atoms with Gasteiger partial charge in [-0.3, -0.25) is 15.1 Å². The van der Waals surface area contributed by atoms with Crippen LogP contribution in [-0.4, -0.2) is 23.9 Å². The third kappa shape index (κ3) is 3.55. The predicted molar refractivity (Wildman–Crippen MR) is 78.9 cm³/mol. The van der Waals surface area contributed by atoms with E-state index < -0.39 is 0 Å². The van der Waals surface area contributed by atoms with Gasteiger partial charge in [0.1, 0.15) is 0 Å². The third-order valence-electron chi connectivity index (χ3n) is 4.04. The average molecular weight is 281 g/mol. The Bertz CT molecular complexity index is 432. The highest BCUT2D eigenvalue weighted by molar-refractivity contribution is 7.12. The monoisotopic (exact) mass is 281 g/mol. The molecule has 0 bridgehead atoms. The van der Waals surface area contributed by atoms with Crippen molar-refractivity contribution in [2.75, 3.05) is 7.05 Å². The molecule has 3 N–H and O–H groups in total. The highest BCUT2D eigenvalue weighted by atomic mass is 32.1. The number of carbonyl (C=O) groups excluding carboxylic acids is 1. The van der Waals surface area contributed by atoms with E-state index in [1.54, 1.807) is 0 Å². The van der Waals surface area contributed by atoms with E-state index in [0.29, 0.717) is 6.04 Å². The van der Waals surface area contributed by atoms with Crippen molar-refractivity contribution in [3.63, 3.8) is 0 Å². The Balaban J connectivity index is 2.00. The second-order valence-electron chi connectivity index (χ2n) is 5.59. The van der Waals surface area contributed by atoms with E-state index >= 15 is 0 Å². The number of hydrogen-bond acceptors (Lipinski definition) is 4. The molecular formula is C14H23N3OS. The maximum atomic E-state index is 11.7. The molecule has 1 aromatic rings. The lowest BCUT2D eigenvalue weighted by Gasteiger charge is -2.34. The summed E-state index contributed by atoms with van der Waals surface area (Å²) in [5.74, 6) is 5.85. The second kappa shape index (κ2) is 6.50. The molecule has 1 aliphatic rings. The zero-order chi connectivity index (χ0) is 13.8. The number of thiophene rings is 1. The molecule has 0 aliphatic heterocycles. The van der Waals surface area contributed by atoms with Crippen molar-refractivity contribution in [3.8, 4) is 0 Å². The van der Waals surface area contributed by atoms with Crippen LogP contribution in [0.5, 0.6) is 0 Å². The van der Waals surface area contributed by atoms with Crippen LogP contribution in [0.4, 0.5) is 0 Å². The molecule has 1 fully saturated rings. The normalized spacial score (nSPS) is 23.6. The first-order valence-corrected chi connectivity index (χ1v) is 7.77. The summed E-state index contributed by atoms with van der Waals surface area (Å²) in [6, 6.07) is 2.66. The van der Waals surface area contributed by atoms with Gasteiger partial charge < -0.3 is 0 Å². The lowest BCUT2D eigenvalue weighted by Crippen LogP contribution is -2.36. The van der Waals surface area contributed by atoms with E-state index in [1.807, 2.05) is 11.4 Å². The Morgan fingerprint density at radius 3 is 3.05 bits per heavy atom. The van der Waals surface area contributed by atoms with Crippen molar-refractivity contribution in [1.82, 2.24) is 10.3 Å². The van der Waals surface area contributed by atoms with E-state index in [9.17, 15) is 4.79 Å². The first-order valence-electron chi connectivity index (χ1n) is 6.89. The summed E-state index contributed by atoms with van der Waals surface area (Å²) >= 11 is 1.45. The number of nitrogen functional groups attached to an aromatic ring is 1. The first-order chi connectivity index (χ1) is 9.11. The molecule has 1 saturated carbocycles. The zero-order valence-corrected chi connectivity index (χ0v) is 12.5. The van der Waals surface area contributed by atoms with E-state index in [-0.39, 0.29) is 5.91 Å². The van der Waals surface area contributed by atoms with Crippen molar-refractivity contribution in [3.05, 3.63) is 21.9 Å². The van der Waals surface area contributed by atoms with Crippen LogP contribution in [0.1, 0.15) is 47.8 Å². The molecule has 0 saturated heterocycles. The SMILES string of the molecule is CC1CCCC(N(C)Cc2ccsc2C(=O)NN)C1. The molecule has 2 atom stereocenters. The quantitative estimate of drug-likeness (QED) is 0.506. The van der Waals surface area contributed by atoms with Crippen LogP contribution in [0, 0.1) is 5.92 Å². The molecule has 1 heterocycles. The fourth-order valence-corrected chi connectivity index (χ4v) is 3.74. The van der Waals surface area contributed by atoms with Gasteiger partial charge in [-0.15, -0.1) is 11.3 Å². The predicted octanol–water partition coefficient (Wildman–Crippen LogP) is 2.36. The number of amides is 1. The fraction of sp³-hybridized carbons (Fsp3) is 0.643. The molecule has 0 spiro atoms. The van der Waals surface area contributed by atoms with Gasteiger partial charge in [0.25, 0.3) is 5.91 Å². The van der Waals surface area contributed by atoms with Crippen LogP contribution in [0.2, 0.25) is 0 Å². The number of nitrogens with one attached hydrogen (secondary N) is 1. The van der Waals surface area contributed by atoms with Gasteiger partial charge in [0.15, 0.2) is 0 Å². The van der Waals surface area contributed by atoms with Crippen LogP contribution in [0.15, 0.2) is 11.4 Å². The maximum Gasteiger partial charge on any atom is 0.275 e. The van der Waals surface area contributed by atoms with E-state index in [1.165, 1.54) is 37.0 Å². The van der Waals surface area contributed by atoms with Crippen molar-refractivity contribution >= 4 is 17.2 Å². The molecule has 2 unspecified atom stereocenters. The van der Waals surface area contributed by atoms with Crippen LogP contribution >= 0.6 is 11.3 Å². The number of hydrazine groups is 1. The summed E-state index contributed by atoms with van der Waals surface area (Å²) in [5, 5.41) is 1.96. The summed E-state index contributed by atoms with van der Waals surface area (Å²) in [6.07, 6.45) is 5.20. The molecule has 19 heavy (non-hydrogen) atoms. The van der Waals surface area contributed by atoms with Crippen molar-refractivity contribution in [2.45, 2.75) is 45.2 Å². The molecule has 0 radical (unpaired) electrons. The maximum absolute atomic E-state index is 11.7.